The summed E-state index contributed by atoms with van der Waals surface area (Å²) in [5, 5.41) is 3.53. The van der Waals surface area contributed by atoms with Crippen molar-refractivity contribution in [2.24, 2.45) is 0 Å². The van der Waals surface area contributed by atoms with Gasteiger partial charge in [0, 0.05) is 31.2 Å². The van der Waals surface area contributed by atoms with Crippen molar-refractivity contribution in [1.29, 1.82) is 0 Å². The van der Waals surface area contributed by atoms with E-state index in [1.807, 2.05) is 4.90 Å². The molecular weight excluding hydrogens is 283 g/mol. The molecule has 0 amide bonds. The van der Waals surface area contributed by atoms with Crippen LogP contribution in [-0.2, 0) is 16.1 Å². The summed E-state index contributed by atoms with van der Waals surface area (Å²) >= 11 is 5.85. The summed E-state index contributed by atoms with van der Waals surface area (Å²) in [6, 6.07) is 4.09. The Labute approximate surface area is 122 Å². The van der Waals surface area contributed by atoms with E-state index in [9.17, 15) is 9.18 Å². The first-order chi connectivity index (χ1) is 9.60. The molecule has 1 atom stereocenters. The summed E-state index contributed by atoms with van der Waals surface area (Å²) in [6.07, 6.45) is 0. The van der Waals surface area contributed by atoms with Crippen LogP contribution in [-0.4, -0.2) is 43.2 Å². The molecule has 1 unspecified atom stereocenters. The number of benzene rings is 1. The molecule has 1 aliphatic rings. The van der Waals surface area contributed by atoms with E-state index in [-0.39, 0.29) is 17.8 Å². The zero-order chi connectivity index (χ0) is 14.5. The first-order valence-electron chi connectivity index (χ1n) is 6.66. The average Bonchev–Trinajstić information content (AvgIpc) is 2.38. The first kappa shape index (κ1) is 15.2. The quantitative estimate of drug-likeness (QED) is 0.861. The maximum absolute atomic E-state index is 13.4. The number of halogens is 2. The van der Waals surface area contributed by atoms with E-state index >= 15 is 0 Å². The fraction of sp³-hybridized carbons (Fsp3) is 0.500. The number of carbonyl (C=O) groups excluding carboxylic acids is 1. The third-order valence-corrected chi connectivity index (χ3v) is 3.44. The minimum atomic E-state index is -0.365. The lowest BCUT2D eigenvalue weighted by Crippen LogP contribution is -2.54. The van der Waals surface area contributed by atoms with Gasteiger partial charge in [-0.05, 0) is 30.7 Å². The van der Waals surface area contributed by atoms with Gasteiger partial charge in [-0.25, -0.2) is 4.39 Å². The largest absolute Gasteiger partial charge is 0.465 e. The van der Waals surface area contributed by atoms with Gasteiger partial charge in [0.25, 0.3) is 0 Å². The molecule has 1 saturated heterocycles. The van der Waals surface area contributed by atoms with Gasteiger partial charge in [-0.1, -0.05) is 11.6 Å². The van der Waals surface area contributed by atoms with Gasteiger partial charge in [-0.15, -0.1) is 0 Å². The summed E-state index contributed by atoms with van der Waals surface area (Å²) in [5.41, 5.74) is 0.756. The number of piperazine rings is 1. The molecule has 0 radical (unpaired) electrons. The van der Waals surface area contributed by atoms with E-state index < -0.39 is 0 Å². The van der Waals surface area contributed by atoms with E-state index in [1.165, 1.54) is 12.1 Å². The molecule has 1 fully saturated rings. The standard InChI is InChI=1S/C14H18ClFN2O2/c1-2-20-14(19)13-8-17-3-4-18(13)9-10-5-11(15)7-12(16)6-10/h5-7,13,17H,2-4,8-9H2,1H3. The molecule has 20 heavy (non-hydrogen) atoms. The van der Waals surface area contributed by atoms with Crippen LogP contribution in [0.5, 0.6) is 0 Å². The minimum absolute atomic E-state index is 0.248. The van der Waals surface area contributed by atoms with E-state index in [4.69, 9.17) is 16.3 Å². The summed E-state index contributed by atoms with van der Waals surface area (Å²) in [4.78, 5) is 13.9. The Hall–Kier alpha value is -1.17. The number of hydrogen-bond acceptors (Lipinski definition) is 4. The molecule has 2 rings (SSSR count). The highest BCUT2D eigenvalue weighted by Gasteiger charge is 2.29. The lowest BCUT2D eigenvalue weighted by atomic mass is 10.1. The Morgan fingerprint density at radius 2 is 2.35 bits per heavy atom. The predicted octanol–water partition coefficient (Wildman–Crippen LogP) is 1.82. The van der Waals surface area contributed by atoms with Crippen molar-refractivity contribution in [2.75, 3.05) is 26.2 Å². The minimum Gasteiger partial charge on any atom is -0.465 e. The lowest BCUT2D eigenvalue weighted by Gasteiger charge is -2.34. The molecule has 0 aliphatic carbocycles. The van der Waals surface area contributed by atoms with Crippen molar-refractivity contribution in [2.45, 2.75) is 19.5 Å². The molecule has 1 aliphatic heterocycles. The molecule has 1 aromatic rings. The third kappa shape index (κ3) is 3.91. The molecular formula is C14H18ClFN2O2. The van der Waals surface area contributed by atoms with Gasteiger partial charge in [0.1, 0.15) is 11.9 Å². The van der Waals surface area contributed by atoms with E-state index in [2.05, 4.69) is 5.32 Å². The molecule has 1 heterocycles. The molecule has 1 aromatic carbocycles. The normalized spacial score (nSPS) is 19.9. The van der Waals surface area contributed by atoms with Crippen molar-refractivity contribution >= 4 is 17.6 Å². The predicted molar refractivity (Wildman–Crippen MR) is 75.1 cm³/mol. The molecule has 0 aromatic heterocycles. The number of nitrogens with zero attached hydrogens (tertiary/aromatic N) is 1. The molecule has 4 nitrogen and oxygen atoms in total. The van der Waals surface area contributed by atoms with Crippen molar-refractivity contribution in [3.63, 3.8) is 0 Å². The molecule has 6 heteroatoms. The van der Waals surface area contributed by atoms with E-state index in [0.29, 0.717) is 31.3 Å². The Morgan fingerprint density at radius 1 is 1.55 bits per heavy atom. The monoisotopic (exact) mass is 300 g/mol. The second-order valence-electron chi connectivity index (χ2n) is 4.72. The lowest BCUT2D eigenvalue weighted by molar-refractivity contribution is -0.150. The van der Waals surface area contributed by atoms with Gasteiger partial charge in [0.2, 0.25) is 0 Å². The van der Waals surface area contributed by atoms with Crippen LogP contribution >= 0.6 is 11.6 Å². The average molecular weight is 301 g/mol. The van der Waals surface area contributed by atoms with Crippen LogP contribution in [0.15, 0.2) is 18.2 Å². The van der Waals surface area contributed by atoms with Crippen LogP contribution in [0.3, 0.4) is 0 Å². The fourth-order valence-electron chi connectivity index (χ4n) is 2.34. The Morgan fingerprint density at radius 3 is 3.05 bits per heavy atom. The number of nitrogens with one attached hydrogen (secondary N) is 1. The Balaban J connectivity index is 2.10. The summed E-state index contributed by atoms with van der Waals surface area (Å²) in [7, 11) is 0. The molecule has 0 saturated carbocycles. The Bertz CT molecular complexity index is 464. The van der Waals surface area contributed by atoms with Crippen molar-refractivity contribution in [3.05, 3.63) is 34.6 Å². The summed E-state index contributed by atoms with van der Waals surface area (Å²) in [6.45, 7) is 4.65. The number of esters is 1. The van der Waals surface area contributed by atoms with Gasteiger partial charge in [-0.2, -0.15) is 0 Å². The third-order valence-electron chi connectivity index (χ3n) is 3.22. The second kappa shape index (κ2) is 7.02. The maximum atomic E-state index is 13.4. The van der Waals surface area contributed by atoms with Gasteiger partial charge < -0.3 is 10.1 Å². The van der Waals surface area contributed by atoms with E-state index in [0.717, 1.165) is 12.1 Å². The van der Waals surface area contributed by atoms with Crippen LogP contribution in [0.25, 0.3) is 0 Å². The van der Waals surface area contributed by atoms with Gasteiger partial charge in [0.15, 0.2) is 0 Å². The number of ether oxygens (including phenoxy) is 1. The van der Waals surface area contributed by atoms with Crippen LogP contribution in [0.2, 0.25) is 5.02 Å². The molecule has 0 bridgehead atoms. The van der Waals surface area contributed by atoms with Crippen molar-refractivity contribution < 1.29 is 13.9 Å². The highest BCUT2D eigenvalue weighted by Crippen LogP contribution is 2.17. The van der Waals surface area contributed by atoms with E-state index in [1.54, 1.807) is 13.0 Å². The second-order valence-corrected chi connectivity index (χ2v) is 5.16. The van der Waals surface area contributed by atoms with Gasteiger partial charge in [0.05, 0.1) is 6.61 Å². The number of hydrogen-bond donors (Lipinski definition) is 1. The Kier molecular flexibility index (Phi) is 5.34. The summed E-state index contributed by atoms with van der Waals surface area (Å²) in [5.74, 6) is -0.613. The first-order valence-corrected chi connectivity index (χ1v) is 7.04. The number of carbonyl (C=O) groups is 1. The zero-order valence-corrected chi connectivity index (χ0v) is 12.1. The SMILES string of the molecule is CCOC(=O)C1CNCCN1Cc1cc(F)cc(Cl)c1. The highest BCUT2D eigenvalue weighted by molar-refractivity contribution is 6.30. The van der Waals surface area contributed by atoms with Crippen LogP contribution in [0.4, 0.5) is 4.39 Å². The van der Waals surface area contributed by atoms with Crippen molar-refractivity contribution in [1.82, 2.24) is 10.2 Å². The smallest absolute Gasteiger partial charge is 0.324 e. The molecule has 1 N–H and O–H groups in total. The maximum Gasteiger partial charge on any atom is 0.324 e. The van der Waals surface area contributed by atoms with Crippen LogP contribution < -0.4 is 5.32 Å². The highest BCUT2D eigenvalue weighted by atomic mass is 35.5. The number of rotatable bonds is 4. The van der Waals surface area contributed by atoms with Gasteiger partial charge >= 0.3 is 5.97 Å². The molecule has 0 spiro atoms. The molecule has 110 valence electrons. The fourth-order valence-corrected chi connectivity index (χ4v) is 2.59. The van der Waals surface area contributed by atoms with Crippen LogP contribution in [0.1, 0.15) is 12.5 Å². The van der Waals surface area contributed by atoms with Crippen molar-refractivity contribution in [3.8, 4) is 0 Å². The zero-order valence-electron chi connectivity index (χ0n) is 11.4. The topological polar surface area (TPSA) is 41.6 Å². The van der Waals surface area contributed by atoms with Gasteiger partial charge in [-0.3, -0.25) is 9.69 Å². The van der Waals surface area contributed by atoms with Crippen LogP contribution in [0, 0.1) is 5.82 Å². The summed E-state index contributed by atoms with van der Waals surface area (Å²) < 4.78 is 18.4.